The molecule has 0 aliphatic carbocycles. The van der Waals surface area contributed by atoms with E-state index in [4.69, 9.17) is 0 Å². The molecule has 0 aromatic carbocycles. The van der Waals surface area contributed by atoms with Crippen LogP contribution in [0.25, 0.3) is 0 Å². The van der Waals surface area contributed by atoms with E-state index in [1.54, 1.807) is 11.3 Å². The van der Waals surface area contributed by atoms with Crippen molar-refractivity contribution < 1.29 is 5.11 Å². The summed E-state index contributed by atoms with van der Waals surface area (Å²) in [5.41, 5.74) is 0. The van der Waals surface area contributed by atoms with Crippen LogP contribution in [0.2, 0.25) is 0 Å². The number of hydrogen-bond donors (Lipinski definition) is 1. The molecule has 1 N–H and O–H groups in total. The van der Waals surface area contributed by atoms with Crippen LogP contribution in [0.5, 0.6) is 0 Å². The Morgan fingerprint density at radius 2 is 2.50 bits per heavy atom. The van der Waals surface area contributed by atoms with Gasteiger partial charge in [-0.3, -0.25) is 0 Å². The van der Waals surface area contributed by atoms with Gasteiger partial charge in [-0.25, -0.2) is 4.98 Å². The number of aliphatic hydroxyl groups excluding tert-OH is 1. The summed E-state index contributed by atoms with van der Waals surface area (Å²) in [4.78, 5) is 4.21. The molecule has 1 aliphatic heterocycles. The average molecular weight is 201 g/mol. The van der Waals surface area contributed by atoms with Gasteiger partial charge in [0.25, 0.3) is 0 Å². The van der Waals surface area contributed by atoms with Gasteiger partial charge in [0.15, 0.2) is 0 Å². The van der Waals surface area contributed by atoms with Gasteiger partial charge in [-0.15, -0.1) is 11.3 Å². The van der Waals surface area contributed by atoms with Crippen molar-refractivity contribution in [3.63, 3.8) is 0 Å². The van der Waals surface area contributed by atoms with E-state index in [0.717, 1.165) is 22.9 Å². The van der Waals surface area contributed by atoms with Crippen molar-refractivity contribution in [3.8, 4) is 0 Å². The molecule has 0 radical (unpaired) electrons. The topological polar surface area (TPSA) is 33.1 Å². The number of rotatable bonds is 2. The summed E-state index contributed by atoms with van der Waals surface area (Å²) in [7, 11) is 0. The van der Waals surface area contributed by atoms with E-state index in [1.165, 1.54) is 0 Å². The van der Waals surface area contributed by atoms with Crippen LogP contribution in [0.15, 0.2) is 11.6 Å². The number of nitrogens with zero attached hydrogens (tertiary/aromatic N) is 1. The number of thiazole rings is 1. The minimum absolute atomic E-state index is 0.112. The summed E-state index contributed by atoms with van der Waals surface area (Å²) in [6, 6.07) is 0. The van der Waals surface area contributed by atoms with Crippen LogP contribution in [-0.4, -0.2) is 27.7 Å². The highest BCUT2D eigenvalue weighted by atomic mass is 32.2. The first-order chi connectivity index (χ1) is 5.86. The molecule has 0 saturated carbocycles. The summed E-state index contributed by atoms with van der Waals surface area (Å²) in [6.07, 6.45) is 2.67. The van der Waals surface area contributed by atoms with Gasteiger partial charge in [-0.2, -0.15) is 11.8 Å². The standard InChI is InChI=1S/C8H11NOS2/c10-7-5-11-4-6(7)3-8-9-1-2-12-8/h1-2,6-7,10H,3-5H2. The second-order valence-electron chi connectivity index (χ2n) is 2.99. The maximum Gasteiger partial charge on any atom is 0.0928 e. The Labute approximate surface area is 80.0 Å². The molecule has 2 unspecified atom stereocenters. The fourth-order valence-corrected chi connectivity index (χ4v) is 3.36. The van der Waals surface area contributed by atoms with Crippen LogP contribution in [0.1, 0.15) is 5.01 Å². The highest BCUT2D eigenvalue weighted by Crippen LogP contribution is 2.27. The Morgan fingerprint density at radius 1 is 1.58 bits per heavy atom. The normalized spacial score (nSPS) is 29.4. The predicted molar refractivity (Wildman–Crippen MR) is 52.6 cm³/mol. The lowest BCUT2D eigenvalue weighted by Gasteiger charge is -2.10. The number of aromatic nitrogens is 1. The van der Waals surface area contributed by atoms with E-state index in [0.29, 0.717) is 5.92 Å². The van der Waals surface area contributed by atoms with Crippen LogP contribution < -0.4 is 0 Å². The first-order valence-corrected chi connectivity index (χ1v) is 6.04. The largest absolute Gasteiger partial charge is 0.392 e. The van der Waals surface area contributed by atoms with Crippen LogP contribution in [-0.2, 0) is 6.42 Å². The lowest BCUT2D eigenvalue weighted by molar-refractivity contribution is 0.150. The Hall–Kier alpha value is -0.0600. The van der Waals surface area contributed by atoms with Crippen molar-refractivity contribution in [2.45, 2.75) is 12.5 Å². The maximum atomic E-state index is 9.54. The molecule has 1 aromatic heterocycles. The average Bonchev–Trinajstić information content (AvgIpc) is 2.65. The number of hydrogen-bond acceptors (Lipinski definition) is 4. The monoisotopic (exact) mass is 201 g/mol. The van der Waals surface area contributed by atoms with Crippen molar-refractivity contribution in [1.29, 1.82) is 0 Å². The summed E-state index contributed by atoms with van der Waals surface area (Å²) < 4.78 is 0. The zero-order valence-electron chi connectivity index (χ0n) is 6.64. The molecule has 1 fully saturated rings. The molecule has 66 valence electrons. The molecule has 2 rings (SSSR count). The Bertz CT molecular complexity index is 237. The molecule has 2 atom stereocenters. The molecule has 0 amide bonds. The molecule has 1 saturated heterocycles. The fraction of sp³-hybridized carbons (Fsp3) is 0.625. The first kappa shape index (κ1) is 8.53. The van der Waals surface area contributed by atoms with Crippen molar-refractivity contribution in [2.75, 3.05) is 11.5 Å². The molecule has 0 bridgehead atoms. The van der Waals surface area contributed by atoms with E-state index in [9.17, 15) is 5.11 Å². The van der Waals surface area contributed by atoms with Crippen molar-refractivity contribution in [3.05, 3.63) is 16.6 Å². The van der Waals surface area contributed by atoms with Crippen LogP contribution in [0, 0.1) is 5.92 Å². The molecule has 12 heavy (non-hydrogen) atoms. The second-order valence-corrected chi connectivity index (χ2v) is 5.05. The number of aliphatic hydroxyl groups is 1. The molecule has 1 aromatic rings. The third-order valence-corrected chi connectivity index (χ3v) is 4.13. The van der Waals surface area contributed by atoms with Gasteiger partial charge in [-0.1, -0.05) is 0 Å². The van der Waals surface area contributed by atoms with Crippen LogP contribution in [0.3, 0.4) is 0 Å². The van der Waals surface area contributed by atoms with Crippen LogP contribution in [0.4, 0.5) is 0 Å². The lowest BCUT2D eigenvalue weighted by Crippen LogP contribution is -2.19. The molecule has 4 heteroatoms. The van der Waals surface area contributed by atoms with E-state index in [1.807, 2.05) is 23.3 Å². The van der Waals surface area contributed by atoms with Crippen molar-refractivity contribution >= 4 is 23.1 Å². The minimum Gasteiger partial charge on any atom is -0.392 e. The fourth-order valence-electron chi connectivity index (χ4n) is 1.36. The van der Waals surface area contributed by atoms with Gasteiger partial charge in [-0.05, 0) is 5.75 Å². The van der Waals surface area contributed by atoms with Crippen molar-refractivity contribution in [2.24, 2.45) is 5.92 Å². The third-order valence-electron chi connectivity index (χ3n) is 2.08. The second kappa shape index (κ2) is 3.77. The van der Waals surface area contributed by atoms with E-state index in [2.05, 4.69) is 4.98 Å². The lowest BCUT2D eigenvalue weighted by atomic mass is 10.0. The smallest absolute Gasteiger partial charge is 0.0928 e. The zero-order valence-corrected chi connectivity index (χ0v) is 8.27. The van der Waals surface area contributed by atoms with E-state index < -0.39 is 0 Å². The minimum atomic E-state index is -0.112. The molecule has 2 heterocycles. The van der Waals surface area contributed by atoms with E-state index >= 15 is 0 Å². The summed E-state index contributed by atoms with van der Waals surface area (Å²) >= 11 is 3.52. The summed E-state index contributed by atoms with van der Waals surface area (Å²) in [6.45, 7) is 0. The molecule has 0 spiro atoms. The Morgan fingerprint density at radius 3 is 3.08 bits per heavy atom. The molecule has 1 aliphatic rings. The highest BCUT2D eigenvalue weighted by Gasteiger charge is 2.26. The highest BCUT2D eigenvalue weighted by molar-refractivity contribution is 7.99. The Kier molecular flexibility index (Phi) is 2.68. The maximum absolute atomic E-state index is 9.54. The van der Waals surface area contributed by atoms with Crippen molar-refractivity contribution in [1.82, 2.24) is 4.98 Å². The molecular weight excluding hydrogens is 190 g/mol. The van der Waals surface area contributed by atoms with Gasteiger partial charge in [0.1, 0.15) is 0 Å². The molecule has 2 nitrogen and oxygen atoms in total. The van der Waals surface area contributed by atoms with Gasteiger partial charge in [0, 0.05) is 29.7 Å². The van der Waals surface area contributed by atoms with Gasteiger partial charge < -0.3 is 5.11 Å². The Balaban J connectivity index is 1.95. The predicted octanol–water partition coefficient (Wildman–Crippen LogP) is 1.41. The zero-order chi connectivity index (χ0) is 8.39. The summed E-state index contributed by atoms with van der Waals surface area (Å²) in [5.74, 6) is 2.41. The number of thioether (sulfide) groups is 1. The quantitative estimate of drug-likeness (QED) is 0.785. The van der Waals surface area contributed by atoms with Gasteiger partial charge >= 0.3 is 0 Å². The molecular formula is C8H11NOS2. The third kappa shape index (κ3) is 1.81. The van der Waals surface area contributed by atoms with Crippen LogP contribution >= 0.6 is 23.1 Å². The van der Waals surface area contributed by atoms with E-state index in [-0.39, 0.29) is 6.10 Å². The summed E-state index contributed by atoms with van der Waals surface area (Å²) in [5, 5.41) is 12.7. The van der Waals surface area contributed by atoms with Gasteiger partial charge in [0.2, 0.25) is 0 Å². The SMILES string of the molecule is OC1CSCC1Cc1nccs1. The first-order valence-electron chi connectivity index (χ1n) is 4.00. The van der Waals surface area contributed by atoms with Gasteiger partial charge in [0.05, 0.1) is 11.1 Å².